The van der Waals surface area contributed by atoms with Gasteiger partial charge in [0.25, 0.3) is 0 Å². The fourth-order valence-electron chi connectivity index (χ4n) is 3.75. The molecule has 3 nitrogen and oxygen atoms in total. The van der Waals surface area contributed by atoms with Crippen LogP contribution in [-0.2, 0) is 6.54 Å². The Bertz CT molecular complexity index is 520. The molecule has 0 radical (unpaired) electrons. The van der Waals surface area contributed by atoms with Gasteiger partial charge in [0, 0.05) is 0 Å². The number of guanidine groups is 1. The van der Waals surface area contributed by atoms with Crippen LogP contribution in [-0.4, -0.2) is 53.1 Å². The number of benzene rings is 1. The summed E-state index contributed by atoms with van der Waals surface area (Å²) in [4.78, 5) is 5.34. The molecule has 0 N–H and O–H groups in total. The second kappa shape index (κ2) is 16.3. The lowest BCUT2D eigenvalue weighted by Crippen LogP contribution is -2.50. The lowest BCUT2D eigenvalue weighted by molar-refractivity contribution is -0.539. The molecule has 0 aliphatic rings. The van der Waals surface area contributed by atoms with Crippen molar-refractivity contribution in [3.05, 3.63) is 35.9 Å². The second-order valence-corrected chi connectivity index (χ2v) is 8.19. The summed E-state index contributed by atoms with van der Waals surface area (Å²) in [6.07, 6.45) is 10.1. The minimum atomic E-state index is 0.996. The third-order valence-electron chi connectivity index (χ3n) is 5.57. The van der Waals surface area contributed by atoms with Gasteiger partial charge in [0.05, 0.1) is 39.3 Å². The molecule has 0 aromatic heterocycles. The normalized spacial score (nSPS) is 10.8. The quantitative estimate of drug-likeness (QED) is 0.191. The van der Waals surface area contributed by atoms with Gasteiger partial charge in [0.15, 0.2) is 0 Å². The van der Waals surface area contributed by atoms with Crippen LogP contribution >= 0.6 is 0 Å². The van der Waals surface area contributed by atoms with Crippen molar-refractivity contribution in [3.8, 4) is 0 Å². The number of hydrogen-bond donors (Lipinski definition) is 0. The maximum Gasteiger partial charge on any atom is 0.350 e. The molecule has 3 heteroatoms. The van der Waals surface area contributed by atoms with Crippen LogP contribution in [0.4, 0.5) is 0 Å². The molecule has 0 amide bonds. The van der Waals surface area contributed by atoms with E-state index in [9.17, 15) is 0 Å². The molecule has 1 rings (SSSR count). The number of hydrogen-bond acceptors (Lipinski definition) is 0. The van der Waals surface area contributed by atoms with E-state index in [4.69, 9.17) is 0 Å². The fraction of sp³-hybridized carbons (Fsp3) is 0.731. The van der Waals surface area contributed by atoms with E-state index < -0.39 is 0 Å². The standard InChI is InChI=1S/C26H48N3/c1-6-11-20-28(21-12-7-2)26(29(22-13-8-3)23-14-9-4)27(10-5)24-25-18-16-15-17-19-25/h15-19H,6-14,20-24H2,1-5H3/q+1. The van der Waals surface area contributed by atoms with Crippen molar-refractivity contribution in [2.75, 3.05) is 32.7 Å². The number of rotatable bonds is 15. The Hall–Kier alpha value is -1.51. The van der Waals surface area contributed by atoms with Gasteiger partial charge < -0.3 is 0 Å². The SMILES string of the molecule is CCCCN(CCCC)C(N(CC)Cc1ccccc1)=[N+](CCCC)CCCC. The zero-order chi connectivity index (χ0) is 21.3. The highest BCUT2D eigenvalue weighted by Crippen LogP contribution is 2.12. The molecular weight excluding hydrogens is 354 g/mol. The van der Waals surface area contributed by atoms with Crippen molar-refractivity contribution in [3.63, 3.8) is 0 Å². The molecule has 29 heavy (non-hydrogen) atoms. The van der Waals surface area contributed by atoms with Crippen molar-refractivity contribution in [1.29, 1.82) is 0 Å². The van der Waals surface area contributed by atoms with Gasteiger partial charge in [0.2, 0.25) is 0 Å². The van der Waals surface area contributed by atoms with Crippen LogP contribution in [0.5, 0.6) is 0 Å². The van der Waals surface area contributed by atoms with E-state index in [0.29, 0.717) is 0 Å². The van der Waals surface area contributed by atoms with Gasteiger partial charge in [0.1, 0.15) is 0 Å². The summed E-state index contributed by atoms with van der Waals surface area (Å²) in [5, 5.41) is 0. The van der Waals surface area contributed by atoms with Crippen molar-refractivity contribution in [2.45, 2.75) is 92.5 Å². The lowest BCUT2D eigenvalue weighted by atomic mass is 10.2. The summed E-state index contributed by atoms with van der Waals surface area (Å²) in [6, 6.07) is 11.0. The van der Waals surface area contributed by atoms with Crippen LogP contribution in [0.2, 0.25) is 0 Å². The summed E-state index contributed by atoms with van der Waals surface area (Å²) in [5.41, 5.74) is 1.41. The average Bonchev–Trinajstić information content (AvgIpc) is 2.76. The van der Waals surface area contributed by atoms with Crippen LogP contribution in [0.1, 0.15) is 91.5 Å². The monoisotopic (exact) mass is 402 g/mol. The molecule has 1 aromatic carbocycles. The van der Waals surface area contributed by atoms with Gasteiger partial charge in [-0.25, -0.2) is 0 Å². The molecule has 0 fully saturated rings. The molecular formula is C26H48N3+. The maximum absolute atomic E-state index is 2.71. The highest BCUT2D eigenvalue weighted by Gasteiger charge is 2.28. The van der Waals surface area contributed by atoms with Gasteiger partial charge in [-0.05, 0) is 38.2 Å². The number of nitrogens with zero attached hydrogens (tertiary/aromatic N) is 3. The highest BCUT2D eigenvalue weighted by atomic mass is 15.4. The van der Waals surface area contributed by atoms with Crippen LogP contribution < -0.4 is 0 Å². The zero-order valence-corrected chi connectivity index (χ0v) is 20.1. The van der Waals surface area contributed by atoms with E-state index in [-0.39, 0.29) is 0 Å². The molecule has 0 saturated carbocycles. The Kier molecular flexibility index (Phi) is 14.4. The Morgan fingerprint density at radius 1 is 0.690 bits per heavy atom. The van der Waals surface area contributed by atoms with Gasteiger partial charge in [-0.2, -0.15) is 0 Å². The van der Waals surface area contributed by atoms with Crippen LogP contribution in [0.15, 0.2) is 30.3 Å². The minimum Gasteiger partial charge on any atom is -0.265 e. The smallest absolute Gasteiger partial charge is 0.265 e. The summed E-state index contributed by atoms with van der Waals surface area (Å²) in [7, 11) is 0. The summed E-state index contributed by atoms with van der Waals surface area (Å²) in [6.45, 7) is 18.3. The van der Waals surface area contributed by atoms with Crippen molar-refractivity contribution < 1.29 is 4.58 Å². The maximum atomic E-state index is 2.71. The van der Waals surface area contributed by atoms with Crippen molar-refractivity contribution in [2.24, 2.45) is 0 Å². The fourth-order valence-corrected chi connectivity index (χ4v) is 3.75. The van der Waals surface area contributed by atoms with Crippen molar-refractivity contribution >= 4 is 5.96 Å². The van der Waals surface area contributed by atoms with Crippen LogP contribution in [0.3, 0.4) is 0 Å². The first-order valence-electron chi connectivity index (χ1n) is 12.4. The average molecular weight is 403 g/mol. The van der Waals surface area contributed by atoms with Gasteiger partial charge in [-0.15, -0.1) is 0 Å². The Labute approximate surface area is 181 Å². The van der Waals surface area contributed by atoms with Gasteiger partial charge in [-0.3, -0.25) is 14.4 Å². The van der Waals surface area contributed by atoms with E-state index in [1.807, 2.05) is 0 Å². The van der Waals surface area contributed by atoms with E-state index in [0.717, 1.165) is 13.1 Å². The second-order valence-electron chi connectivity index (χ2n) is 8.19. The molecule has 0 saturated heterocycles. The van der Waals surface area contributed by atoms with E-state index >= 15 is 0 Å². The first-order valence-corrected chi connectivity index (χ1v) is 12.4. The first kappa shape index (κ1) is 25.5. The number of unbranched alkanes of at least 4 members (excludes halogenated alkanes) is 4. The van der Waals surface area contributed by atoms with E-state index in [2.05, 4.69) is 79.3 Å². The molecule has 0 heterocycles. The largest absolute Gasteiger partial charge is 0.350 e. The predicted octanol–water partition coefficient (Wildman–Crippen LogP) is 6.38. The third kappa shape index (κ3) is 9.69. The lowest BCUT2D eigenvalue weighted by Gasteiger charge is -2.31. The van der Waals surface area contributed by atoms with Crippen molar-refractivity contribution in [1.82, 2.24) is 9.80 Å². The van der Waals surface area contributed by atoms with Gasteiger partial charge >= 0.3 is 5.96 Å². The van der Waals surface area contributed by atoms with E-state index in [1.54, 1.807) is 0 Å². The molecule has 166 valence electrons. The van der Waals surface area contributed by atoms with E-state index in [1.165, 1.54) is 89.1 Å². The molecule has 0 aliphatic carbocycles. The minimum absolute atomic E-state index is 0.996. The molecule has 1 aromatic rings. The highest BCUT2D eigenvalue weighted by molar-refractivity contribution is 5.75. The molecule has 0 bridgehead atoms. The first-order chi connectivity index (χ1) is 14.2. The summed E-state index contributed by atoms with van der Waals surface area (Å²) >= 11 is 0. The van der Waals surface area contributed by atoms with Gasteiger partial charge in [-0.1, -0.05) is 83.7 Å². The zero-order valence-electron chi connectivity index (χ0n) is 20.1. The summed E-state index contributed by atoms with van der Waals surface area (Å²) < 4.78 is 2.71. The molecule has 0 atom stereocenters. The van der Waals surface area contributed by atoms with Crippen LogP contribution in [0.25, 0.3) is 0 Å². The molecule has 0 aliphatic heterocycles. The molecule has 0 spiro atoms. The third-order valence-corrected chi connectivity index (χ3v) is 5.57. The molecule has 0 unspecified atom stereocenters. The summed E-state index contributed by atoms with van der Waals surface area (Å²) in [5.74, 6) is 1.49. The van der Waals surface area contributed by atoms with Crippen LogP contribution in [0, 0.1) is 0 Å². The Morgan fingerprint density at radius 2 is 1.21 bits per heavy atom. The predicted molar refractivity (Wildman–Crippen MR) is 129 cm³/mol. The Balaban J connectivity index is 3.32. The Morgan fingerprint density at radius 3 is 1.66 bits per heavy atom. The topological polar surface area (TPSA) is 9.49 Å².